The lowest BCUT2D eigenvalue weighted by atomic mass is 9.77. The highest BCUT2D eigenvalue weighted by Gasteiger charge is 2.56. The summed E-state index contributed by atoms with van der Waals surface area (Å²) in [5, 5.41) is 5.52. The monoisotopic (exact) mass is 509 g/mol. The van der Waals surface area contributed by atoms with Crippen molar-refractivity contribution >= 4 is 23.9 Å². The summed E-state index contributed by atoms with van der Waals surface area (Å²) >= 11 is 0. The van der Waals surface area contributed by atoms with Crippen molar-refractivity contribution in [1.82, 2.24) is 15.5 Å². The molecule has 37 heavy (non-hydrogen) atoms. The van der Waals surface area contributed by atoms with E-state index in [2.05, 4.69) is 10.6 Å². The smallest absolute Gasteiger partial charge is 0.407 e. The fraction of sp³-hybridized carbons (Fsp3) is 0.429. The lowest BCUT2D eigenvalue weighted by Gasteiger charge is -2.51. The minimum Gasteiger partial charge on any atom is -0.467 e. The van der Waals surface area contributed by atoms with Crippen LogP contribution >= 0.6 is 0 Å². The Labute approximate surface area is 217 Å². The predicted molar refractivity (Wildman–Crippen MR) is 137 cm³/mol. The van der Waals surface area contributed by atoms with Gasteiger partial charge in [-0.15, -0.1) is 0 Å². The van der Waals surface area contributed by atoms with Crippen molar-refractivity contribution in [3.8, 4) is 0 Å². The van der Waals surface area contributed by atoms with Gasteiger partial charge in [-0.25, -0.2) is 9.59 Å². The summed E-state index contributed by atoms with van der Waals surface area (Å²) in [7, 11) is 1.26. The quantitative estimate of drug-likeness (QED) is 0.336. The van der Waals surface area contributed by atoms with Gasteiger partial charge in [-0.05, 0) is 37.8 Å². The van der Waals surface area contributed by atoms with E-state index in [1.165, 1.54) is 7.11 Å². The number of hydrogen-bond donors (Lipinski definition) is 2. The van der Waals surface area contributed by atoms with Gasteiger partial charge in [-0.3, -0.25) is 9.59 Å². The molecule has 9 nitrogen and oxygen atoms in total. The third-order valence-corrected chi connectivity index (χ3v) is 6.52. The second-order valence-electron chi connectivity index (χ2n) is 9.38. The van der Waals surface area contributed by atoms with Gasteiger partial charge in [0.15, 0.2) is 0 Å². The summed E-state index contributed by atoms with van der Waals surface area (Å²) < 4.78 is 10.00. The van der Waals surface area contributed by atoms with Crippen LogP contribution in [0.25, 0.3) is 0 Å². The van der Waals surface area contributed by atoms with Gasteiger partial charge in [0.2, 0.25) is 11.8 Å². The van der Waals surface area contributed by atoms with Gasteiger partial charge in [0.25, 0.3) is 0 Å². The minimum atomic E-state index is -1.09. The number of hydrogen-bond acceptors (Lipinski definition) is 6. The number of nitrogens with zero attached hydrogens (tertiary/aromatic N) is 1. The minimum absolute atomic E-state index is 0.0568. The molecule has 0 radical (unpaired) electrons. The zero-order valence-electron chi connectivity index (χ0n) is 21.6. The Morgan fingerprint density at radius 2 is 1.59 bits per heavy atom. The van der Waals surface area contributed by atoms with Gasteiger partial charge in [0.1, 0.15) is 18.2 Å². The van der Waals surface area contributed by atoms with Crippen molar-refractivity contribution < 1.29 is 28.7 Å². The number of carbonyl (C=O) groups is 4. The Bertz CT molecular complexity index is 1080. The average molecular weight is 510 g/mol. The molecule has 1 aliphatic heterocycles. The van der Waals surface area contributed by atoms with Crippen molar-refractivity contribution in [1.29, 1.82) is 0 Å². The third-order valence-electron chi connectivity index (χ3n) is 6.52. The molecule has 2 N–H and O–H groups in total. The maximum absolute atomic E-state index is 13.4. The number of esters is 1. The van der Waals surface area contributed by atoms with Crippen LogP contribution < -0.4 is 10.6 Å². The molecule has 1 unspecified atom stereocenters. The van der Waals surface area contributed by atoms with Crippen molar-refractivity contribution in [2.75, 3.05) is 13.7 Å². The summed E-state index contributed by atoms with van der Waals surface area (Å²) in [4.78, 5) is 51.6. The average Bonchev–Trinajstić information content (AvgIpc) is 2.90. The standard InChI is InChI=1S/C28H35N3O6/c1-20(29-27(35)37-19-23-14-8-5-9-15-23)11-10-16-31-24(32)18-28(31,17-22-12-6-4-7-13-22)26(34)30-21(2)25(33)36-3/h4-9,12-15,20-21H,10-11,16-19H2,1-3H3,(H,29,35)(H,30,34)/t20-,21-,28?/m1/s1. The maximum atomic E-state index is 13.4. The van der Waals surface area contributed by atoms with Crippen molar-refractivity contribution in [3.05, 3.63) is 71.8 Å². The highest BCUT2D eigenvalue weighted by molar-refractivity contribution is 6.02. The molecule has 3 atom stereocenters. The van der Waals surface area contributed by atoms with Gasteiger partial charge >= 0.3 is 12.1 Å². The summed E-state index contributed by atoms with van der Waals surface area (Å²) in [5.41, 5.74) is 0.722. The SMILES string of the molecule is COC(=O)[C@@H](C)NC(=O)C1(Cc2ccccc2)CC(=O)N1CCC[C@@H](C)NC(=O)OCc1ccccc1. The van der Waals surface area contributed by atoms with E-state index in [1.807, 2.05) is 67.6 Å². The molecule has 0 spiro atoms. The zero-order valence-corrected chi connectivity index (χ0v) is 21.6. The molecule has 2 aromatic rings. The lowest BCUT2D eigenvalue weighted by Crippen LogP contribution is -2.72. The molecule has 1 aliphatic rings. The lowest BCUT2D eigenvalue weighted by molar-refractivity contribution is -0.167. The number of rotatable bonds is 12. The normalized spacial score (nSPS) is 18.2. The van der Waals surface area contributed by atoms with Gasteiger partial charge in [-0.2, -0.15) is 0 Å². The first-order valence-electron chi connectivity index (χ1n) is 12.5. The Morgan fingerprint density at radius 3 is 2.19 bits per heavy atom. The molecule has 9 heteroatoms. The molecule has 2 aromatic carbocycles. The fourth-order valence-corrected chi connectivity index (χ4v) is 4.46. The second-order valence-corrected chi connectivity index (χ2v) is 9.38. The van der Waals surface area contributed by atoms with Crippen LogP contribution in [-0.2, 0) is 36.9 Å². The van der Waals surface area contributed by atoms with E-state index in [1.54, 1.807) is 11.8 Å². The molecular weight excluding hydrogens is 474 g/mol. The van der Waals surface area contributed by atoms with E-state index in [4.69, 9.17) is 9.47 Å². The van der Waals surface area contributed by atoms with Gasteiger partial charge in [0, 0.05) is 19.0 Å². The fourth-order valence-electron chi connectivity index (χ4n) is 4.46. The number of nitrogens with one attached hydrogen (secondary N) is 2. The Morgan fingerprint density at radius 1 is 0.973 bits per heavy atom. The van der Waals surface area contributed by atoms with Crippen LogP contribution in [0.1, 0.15) is 44.2 Å². The number of carbonyl (C=O) groups excluding carboxylic acids is 4. The Balaban J connectivity index is 1.58. The Hall–Kier alpha value is -3.88. The van der Waals surface area contributed by atoms with E-state index in [-0.39, 0.29) is 30.9 Å². The van der Waals surface area contributed by atoms with E-state index < -0.39 is 23.6 Å². The van der Waals surface area contributed by atoms with Crippen LogP contribution in [0.15, 0.2) is 60.7 Å². The molecule has 3 amide bonds. The van der Waals surface area contributed by atoms with Gasteiger partial charge in [0.05, 0.1) is 13.5 Å². The maximum Gasteiger partial charge on any atom is 0.407 e. The highest BCUT2D eigenvalue weighted by atomic mass is 16.5. The molecule has 0 aromatic heterocycles. The molecule has 3 rings (SSSR count). The molecule has 1 heterocycles. The van der Waals surface area contributed by atoms with Crippen LogP contribution in [0.2, 0.25) is 0 Å². The van der Waals surface area contributed by atoms with Crippen LogP contribution in [0.5, 0.6) is 0 Å². The van der Waals surface area contributed by atoms with Crippen LogP contribution in [0.3, 0.4) is 0 Å². The first-order valence-corrected chi connectivity index (χ1v) is 12.5. The Kier molecular flexibility index (Phi) is 9.65. The molecule has 0 aliphatic carbocycles. The van der Waals surface area contributed by atoms with E-state index in [0.717, 1.165) is 11.1 Å². The molecule has 1 saturated heterocycles. The third kappa shape index (κ3) is 7.31. The summed E-state index contributed by atoms with van der Waals surface area (Å²) in [6.45, 7) is 3.94. The largest absolute Gasteiger partial charge is 0.467 e. The number of methoxy groups -OCH3 is 1. The molecule has 0 bridgehead atoms. The number of likely N-dealkylation sites (tertiary alicyclic amines) is 1. The van der Waals surface area contributed by atoms with Gasteiger partial charge in [-0.1, -0.05) is 60.7 Å². The second kappa shape index (κ2) is 12.9. The van der Waals surface area contributed by atoms with Crippen molar-refractivity contribution in [2.24, 2.45) is 0 Å². The molecule has 0 saturated carbocycles. The highest BCUT2D eigenvalue weighted by Crippen LogP contribution is 2.36. The van der Waals surface area contributed by atoms with Crippen LogP contribution in [0.4, 0.5) is 4.79 Å². The molecule has 198 valence electrons. The summed E-state index contributed by atoms with van der Waals surface area (Å²) in [6, 6.07) is 17.9. The van der Waals surface area contributed by atoms with Gasteiger partial charge < -0.3 is 25.0 Å². The van der Waals surface area contributed by atoms with E-state index in [0.29, 0.717) is 25.8 Å². The van der Waals surface area contributed by atoms with Crippen molar-refractivity contribution in [3.63, 3.8) is 0 Å². The van der Waals surface area contributed by atoms with Crippen LogP contribution in [0, 0.1) is 0 Å². The number of amides is 3. The van der Waals surface area contributed by atoms with E-state index >= 15 is 0 Å². The van der Waals surface area contributed by atoms with Crippen LogP contribution in [-0.4, -0.2) is 60.1 Å². The molecular formula is C28H35N3O6. The topological polar surface area (TPSA) is 114 Å². The predicted octanol–water partition coefficient (Wildman–Crippen LogP) is 2.97. The number of β-lactam (4-membered cyclic amide) rings is 1. The number of ether oxygens (including phenoxy) is 2. The molecule has 1 fully saturated rings. The summed E-state index contributed by atoms with van der Waals surface area (Å²) in [5.74, 6) is -1.07. The zero-order chi connectivity index (χ0) is 26.8. The van der Waals surface area contributed by atoms with E-state index in [9.17, 15) is 19.2 Å². The summed E-state index contributed by atoms with van der Waals surface area (Å²) in [6.07, 6.45) is 1.04. The number of alkyl carbamates (subject to hydrolysis) is 1. The number of benzene rings is 2. The first-order chi connectivity index (χ1) is 17.7. The first kappa shape index (κ1) is 27.7. The van der Waals surface area contributed by atoms with Crippen molar-refractivity contribution in [2.45, 2.75) is 63.8 Å².